The van der Waals surface area contributed by atoms with Crippen molar-refractivity contribution in [1.29, 1.82) is 0 Å². The Bertz CT molecular complexity index is 327. The Balaban J connectivity index is 3.26. The number of rotatable bonds is 15. The molecule has 0 aromatic carbocycles. The summed E-state index contributed by atoms with van der Waals surface area (Å²) in [5, 5.41) is 8.48. The Morgan fingerprint density at radius 3 is 1.82 bits per heavy atom. The van der Waals surface area contributed by atoms with Crippen molar-refractivity contribution in [2.24, 2.45) is 0 Å². The molecule has 0 radical (unpaired) electrons. The third-order valence-corrected chi connectivity index (χ3v) is 3.54. The van der Waals surface area contributed by atoms with Gasteiger partial charge in [-0.15, -0.1) is 0 Å². The van der Waals surface area contributed by atoms with Crippen molar-refractivity contribution in [3.8, 4) is 0 Å². The van der Waals surface area contributed by atoms with Gasteiger partial charge in [0.25, 0.3) is 0 Å². The number of carbonyl (C=O) groups is 1. The standard InChI is InChI=1S/C20H34O2/c1-2-3-4-5-6-7-8-9-10-11-12-13-14-15-16-17-18-19-20(21)22/h8-9,14-17H,2-7,10-13,18-19H2,1H3,(H,21,22)/b9-8+,15-14+,17-16+. The van der Waals surface area contributed by atoms with Crippen LogP contribution in [0.5, 0.6) is 0 Å². The molecule has 0 aliphatic rings. The fraction of sp³-hybridized carbons (Fsp3) is 0.650. The highest BCUT2D eigenvalue weighted by Gasteiger charge is 1.90. The van der Waals surface area contributed by atoms with Crippen LogP contribution in [0.4, 0.5) is 0 Å². The van der Waals surface area contributed by atoms with Crippen LogP contribution in [-0.4, -0.2) is 11.1 Å². The molecule has 0 saturated heterocycles. The molecule has 22 heavy (non-hydrogen) atoms. The van der Waals surface area contributed by atoms with Gasteiger partial charge in [0, 0.05) is 6.42 Å². The van der Waals surface area contributed by atoms with E-state index in [1.165, 1.54) is 57.8 Å². The molecule has 0 aliphatic heterocycles. The maximum atomic E-state index is 10.3. The maximum Gasteiger partial charge on any atom is 0.303 e. The molecule has 0 atom stereocenters. The van der Waals surface area contributed by atoms with Gasteiger partial charge in [-0.1, -0.05) is 69.1 Å². The highest BCUT2D eigenvalue weighted by atomic mass is 16.4. The molecule has 0 rings (SSSR count). The van der Waals surface area contributed by atoms with Crippen molar-refractivity contribution >= 4 is 5.97 Å². The predicted molar refractivity (Wildman–Crippen MR) is 96.1 cm³/mol. The summed E-state index contributed by atoms with van der Waals surface area (Å²) in [6, 6.07) is 0. The molecule has 0 unspecified atom stereocenters. The number of aliphatic carboxylic acids is 1. The summed E-state index contributed by atoms with van der Waals surface area (Å²) in [4.78, 5) is 10.3. The highest BCUT2D eigenvalue weighted by molar-refractivity contribution is 5.66. The molecule has 0 bridgehead atoms. The van der Waals surface area contributed by atoms with Crippen LogP contribution >= 0.6 is 0 Å². The largest absolute Gasteiger partial charge is 0.481 e. The number of hydrogen-bond acceptors (Lipinski definition) is 1. The highest BCUT2D eigenvalue weighted by Crippen LogP contribution is 2.07. The summed E-state index contributed by atoms with van der Waals surface area (Å²) in [6.45, 7) is 2.25. The maximum absolute atomic E-state index is 10.3. The van der Waals surface area contributed by atoms with Crippen molar-refractivity contribution < 1.29 is 9.90 Å². The van der Waals surface area contributed by atoms with Crippen molar-refractivity contribution in [2.75, 3.05) is 0 Å². The first-order valence-electron chi connectivity index (χ1n) is 8.95. The second-order valence-corrected chi connectivity index (χ2v) is 5.75. The van der Waals surface area contributed by atoms with Crippen LogP contribution in [0.25, 0.3) is 0 Å². The van der Waals surface area contributed by atoms with Crippen molar-refractivity contribution in [3.63, 3.8) is 0 Å². The first kappa shape index (κ1) is 20.7. The molecule has 0 heterocycles. The lowest BCUT2D eigenvalue weighted by atomic mass is 10.1. The summed E-state index contributed by atoms with van der Waals surface area (Å²) in [6.07, 6.45) is 26.4. The minimum absolute atomic E-state index is 0.218. The molecule has 2 heteroatoms. The zero-order valence-corrected chi connectivity index (χ0v) is 14.3. The van der Waals surface area contributed by atoms with Crippen LogP contribution in [0.2, 0.25) is 0 Å². The lowest BCUT2D eigenvalue weighted by Crippen LogP contribution is -1.91. The third kappa shape index (κ3) is 18.7. The number of allylic oxidation sites excluding steroid dienone is 6. The van der Waals surface area contributed by atoms with Crippen LogP contribution in [0, 0.1) is 0 Å². The zero-order chi connectivity index (χ0) is 16.3. The summed E-state index contributed by atoms with van der Waals surface area (Å²) in [5.74, 6) is -0.734. The Labute approximate surface area is 137 Å². The lowest BCUT2D eigenvalue weighted by molar-refractivity contribution is -0.136. The normalized spacial score (nSPS) is 12.0. The van der Waals surface area contributed by atoms with Gasteiger partial charge >= 0.3 is 5.97 Å². The van der Waals surface area contributed by atoms with E-state index < -0.39 is 5.97 Å². The smallest absolute Gasteiger partial charge is 0.303 e. The van der Waals surface area contributed by atoms with Crippen LogP contribution in [-0.2, 0) is 4.79 Å². The lowest BCUT2D eigenvalue weighted by Gasteiger charge is -1.96. The third-order valence-electron chi connectivity index (χ3n) is 3.54. The van der Waals surface area contributed by atoms with E-state index in [2.05, 4.69) is 25.2 Å². The van der Waals surface area contributed by atoms with E-state index in [0.717, 1.165) is 6.42 Å². The number of unbranched alkanes of at least 4 members (excludes halogenated alkanes) is 8. The molecule has 0 fully saturated rings. The van der Waals surface area contributed by atoms with Crippen LogP contribution in [0.3, 0.4) is 0 Å². The summed E-state index contributed by atoms with van der Waals surface area (Å²) >= 11 is 0. The monoisotopic (exact) mass is 306 g/mol. The van der Waals surface area contributed by atoms with E-state index in [0.29, 0.717) is 6.42 Å². The summed E-state index contributed by atoms with van der Waals surface area (Å²) in [5.41, 5.74) is 0. The molecular formula is C20H34O2. The molecule has 126 valence electrons. The summed E-state index contributed by atoms with van der Waals surface area (Å²) in [7, 11) is 0. The van der Waals surface area contributed by atoms with E-state index in [1.807, 2.05) is 18.2 Å². The second kappa shape index (κ2) is 17.7. The molecule has 1 N–H and O–H groups in total. The Morgan fingerprint density at radius 2 is 1.23 bits per heavy atom. The van der Waals surface area contributed by atoms with E-state index >= 15 is 0 Å². The average molecular weight is 306 g/mol. The molecule has 2 nitrogen and oxygen atoms in total. The number of hydrogen-bond donors (Lipinski definition) is 1. The molecule has 0 aromatic rings. The Morgan fingerprint density at radius 1 is 0.727 bits per heavy atom. The van der Waals surface area contributed by atoms with E-state index in [4.69, 9.17) is 5.11 Å². The van der Waals surface area contributed by atoms with E-state index in [9.17, 15) is 4.79 Å². The van der Waals surface area contributed by atoms with Gasteiger partial charge in [0.05, 0.1) is 0 Å². The van der Waals surface area contributed by atoms with E-state index in [1.54, 1.807) is 0 Å². The van der Waals surface area contributed by atoms with Gasteiger partial charge in [0.1, 0.15) is 0 Å². The predicted octanol–water partition coefficient (Wildman–Crippen LogP) is 6.44. The summed E-state index contributed by atoms with van der Waals surface area (Å²) < 4.78 is 0. The minimum Gasteiger partial charge on any atom is -0.481 e. The molecule has 0 saturated carbocycles. The second-order valence-electron chi connectivity index (χ2n) is 5.75. The number of carboxylic acids is 1. The molecule has 0 amide bonds. The average Bonchev–Trinajstić information content (AvgIpc) is 2.50. The van der Waals surface area contributed by atoms with E-state index in [-0.39, 0.29) is 6.42 Å². The van der Waals surface area contributed by atoms with Gasteiger partial charge in [0.2, 0.25) is 0 Å². The topological polar surface area (TPSA) is 37.3 Å². The van der Waals surface area contributed by atoms with Crippen LogP contribution in [0.1, 0.15) is 84.0 Å². The fourth-order valence-corrected chi connectivity index (χ4v) is 2.18. The molecular weight excluding hydrogens is 272 g/mol. The van der Waals surface area contributed by atoms with Gasteiger partial charge in [-0.25, -0.2) is 0 Å². The SMILES string of the molecule is CCCCCCC/C=C/CCCC/C=C/C=C/CCC(=O)O. The first-order valence-corrected chi connectivity index (χ1v) is 8.95. The Hall–Kier alpha value is -1.31. The van der Waals surface area contributed by atoms with Crippen molar-refractivity contribution in [2.45, 2.75) is 84.0 Å². The first-order chi connectivity index (χ1) is 10.8. The Kier molecular flexibility index (Phi) is 16.7. The van der Waals surface area contributed by atoms with Crippen molar-refractivity contribution in [3.05, 3.63) is 36.5 Å². The zero-order valence-electron chi connectivity index (χ0n) is 14.3. The number of carboxylic acid groups (broad SMARTS) is 1. The molecule has 0 aromatic heterocycles. The quantitative estimate of drug-likeness (QED) is 0.215. The van der Waals surface area contributed by atoms with Gasteiger partial charge in [-0.2, -0.15) is 0 Å². The minimum atomic E-state index is -0.734. The van der Waals surface area contributed by atoms with Crippen molar-refractivity contribution in [1.82, 2.24) is 0 Å². The molecule has 0 aliphatic carbocycles. The van der Waals surface area contributed by atoms with Crippen LogP contribution < -0.4 is 0 Å². The molecule has 0 spiro atoms. The van der Waals surface area contributed by atoms with Gasteiger partial charge in [0.15, 0.2) is 0 Å². The fourth-order valence-electron chi connectivity index (χ4n) is 2.18. The van der Waals surface area contributed by atoms with Gasteiger partial charge < -0.3 is 5.11 Å². The van der Waals surface area contributed by atoms with Crippen LogP contribution in [0.15, 0.2) is 36.5 Å². The van der Waals surface area contributed by atoms with Gasteiger partial charge in [-0.3, -0.25) is 4.79 Å². The van der Waals surface area contributed by atoms with Gasteiger partial charge in [-0.05, 0) is 44.9 Å².